The van der Waals surface area contributed by atoms with Crippen molar-refractivity contribution < 1.29 is 0 Å². The van der Waals surface area contributed by atoms with Crippen LogP contribution in [-0.4, -0.2) is 34.5 Å². The van der Waals surface area contributed by atoms with Crippen LogP contribution >= 0.6 is 0 Å². The maximum atomic E-state index is 13.3. The molecule has 0 amide bonds. The summed E-state index contributed by atoms with van der Waals surface area (Å²) in [4.78, 5) is 28.4. The molecular formula is C22H23N3O2. The van der Waals surface area contributed by atoms with Crippen LogP contribution in [0.25, 0.3) is 27.2 Å². The van der Waals surface area contributed by atoms with Gasteiger partial charge in [-0.05, 0) is 63.0 Å². The third kappa shape index (κ3) is 2.28. The molecule has 27 heavy (non-hydrogen) atoms. The smallest absolute Gasteiger partial charge is 0.308 e. The Bertz CT molecular complexity index is 1300. The van der Waals surface area contributed by atoms with E-state index in [1.54, 1.807) is 4.40 Å². The van der Waals surface area contributed by atoms with Crippen LogP contribution in [0.15, 0.2) is 39.9 Å². The SMILES string of the molecule is CN(C)CCn1c(=O)c2cccc3c4c5c(ccc4n(c1=O)c23)CCCC5. The molecule has 1 aliphatic rings. The highest BCUT2D eigenvalue weighted by Gasteiger charge is 2.22. The minimum atomic E-state index is -0.226. The van der Waals surface area contributed by atoms with Crippen molar-refractivity contribution in [3.05, 3.63) is 62.3 Å². The maximum absolute atomic E-state index is 13.3. The fourth-order valence-electron chi connectivity index (χ4n) is 4.63. The second-order valence-corrected chi connectivity index (χ2v) is 7.88. The molecule has 0 saturated heterocycles. The average Bonchev–Trinajstić information content (AvgIpc) is 3.01. The predicted octanol–water partition coefficient (Wildman–Crippen LogP) is 2.65. The fourth-order valence-corrected chi connectivity index (χ4v) is 4.63. The Balaban J connectivity index is 1.96. The van der Waals surface area contributed by atoms with E-state index in [0.717, 1.165) is 29.3 Å². The standard InChI is InChI=1S/C22H23N3O2/c1-23(2)12-13-24-21(26)17-9-5-8-16-19-15-7-4-3-6-14(15)10-11-18(19)25(20(16)17)22(24)27/h5,8-11H,3-4,6-7,12-13H2,1-2H3. The summed E-state index contributed by atoms with van der Waals surface area (Å²) in [6.07, 6.45) is 4.54. The molecule has 2 heterocycles. The van der Waals surface area contributed by atoms with E-state index in [-0.39, 0.29) is 11.2 Å². The molecular weight excluding hydrogens is 338 g/mol. The highest BCUT2D eigenvalue weighted by Crippen LogP contribution is 2.36. The zero-order chi connectivity index (χ0) is 18.7. The number of rotatable bonds is 3. The fraction of sp³-hybridized carbons (Fsp3) is 0.364. The van der Waals surface area contributed by atoms with Crippen molar-refractivity contribution in [3.63, 3.8) is 0 Å². The van der Waals surface area contributed by atoms with Crippen molar-refractivity contribution in [3.8, 4) is 0 Å². The van der Waals surface area contributed by atoms with Crippen molar-refractivity contribution in [1.82, 2.24) is 13.9 Å². The second-order valence-electron chi connectivity index (χ2n) is 7.88. The average molecular weight is 361 g/mol. The molecule has 0 fully saturated rings. The minimum absolute atomic E-state index is 0.184. The van der Waals surface area contributed by atoms with Crippen LogP contribution in [0.4, 0.5) is 0 Å². The molecule has 1 aliphatic carbocycles. The molecule has 4 aromatic rings. The number of nitrogens with zero attached hydrogens (tertiary/aromatic N) is 3. The number of hydrogen-bond donors (Lipinski definition) is 0. The molecule has 0 spiro atoms. The molecule has 0 radical (unpaired) electrons. The quantitative estimate of drug-likeness (QED) is 0.564. The van der Waals surface area contributed by atoms with Gasteiger partial charge in [0.15, 0.2) is 0 Å². The van der Waals surface area contributed by atoms with Crippen LogP contribution < -0.4 is 11.2 Å². The highest BCUT2D eigenvalue weighted by atomic mass is 16.2. The molecule has 0 aliphatic heterocycles. The normalized spacial score (nSPS) is 14.6. The van der Waals surface area contributed by atoms with Crippen LogP contribution in [0.5, 0.6) is 0 Å². The molecule has 5 nitrogen and oxygen atoms in total. The van der Waals surface area contributed by atoms with Crippen molar-refractivity contribution in [2.24, 2.45) is 0 Å². The third-order valence-corrected chi connectivity index (χ3v) is 5.95. The van der Waals surface area contributed by atoms with Gasteiger partial charge < -0.3 is 4.90 Å². The van der Waals surface area contributed by atoms with E-state index >= 15 is 0 Å². The van der Waals surface area contributed by atoms with Crippen LogP contribution in [0, 0.1) is 0 Å². The van der Waals surface area contributed by atoms with Gasteiger partial charge in [0.1, 0.15) is 0 Å². The van der Waals surface area contributed by atoms with E-state index in [1.165, 1.54) is 33.9 Å². The van der Waals surface area contributed by atoms with Gasteiger partial charge in [0, 0.05) is 23.9 Å². The summed E-state index contributed by atoms with van der Waals surface area (Å²) >= 11 is 0. The van der Waals surface area contributed by atoms with Gasteiger partial charge in [0.05, 0.1) is 16.4 Å². The first-order valence-electron chi connectivity index (χ1n) is 9.66. The van der Waals surface area contributed by atoms with Gasteiger partial charge in [-0.25, -0.2) is 4.79 Å². The summed E-state index contributed by atoms with van der Waals surface area (Å²) in [5, 5.41) is 2.83. The van der Waals surface area contributed by atoms with E-state index in [1.807, 2.05) is 31.1 Å². The van der Waals surface area contributed by atoms with Crippen molar-refractivity contribution >= 4 is 27.2 Å². The number of likely N-dealkylation sites (N-methyl/N-ethyl adjacent to an activating group) is 1. The Kier molecular flexibility index (Phi) is 3.62. The molecule has 2 aromatic heterocycles. The predicted molar refractivity (Wildman–Crippen MR) is 109 cm³/mol. The van der Waals surface area contributed by atoms with Crippen molar-refractivity contribution in [2.45, 2.75) is 32.2 Å². The maximum Gasteiger partial charge on any atom is 0.336 e. The van der Waals surface area contributed by atoms with Gasteiger partial charge in [-0.3, -0.25) is 13.8 Å². The Labute approximate surface area is 156 Å². The number of hydrogen-bond acceptors (Lipinski definition) is 3. The first-order valence-corrected chi connectivity index (χ1v) is 9.66. The lowest BCUT2D eigenvalue weighted by Crippen LogP contribution is -2.39. The summed E-state index contributed by atoms with van der Waals surface area (Å²) in [5.74, 6) is 0. The summed E-state index contributed by atoms with van der Waals surface area (Å²) in [6, 6.07) is 10.1. The summed E-state index contributed by atoms with van der Waals surface area (Å²) in [6.45, 7) is 1.04. The lowest BCUT2D eigenvalue weighted by atomic mass is 9.88. The molecule has 5 rings (SSSR count). The second kappa shape index (κ2) is 5.92. The molecule has 138 valence electrons. The molecule has 2 aromatic carbocycles. The zero-order valence-corrected chi connectivity index (χ0v) is 15.8. The van der Waals surface area contributed by atoms with Gasteiger partial charge in [-0.15, -0.1) is 0 Å². The Morgan fingerprint density at radius 1 is 1.00 bits per heavy atom. The topological polar surface area (TPSA) is 46.7 Å². The van der Waals surface area contributed by atoms with Gasteiger partial charge in [-0.1, -0.05) is 18.2 Å². The van der Waals surface area contributed by atoms with Crippen molar-refractivity contribution in [1.29, 1.82) is 0 Å². The largest absolute Gasteiger partial charge is 0.336 e. The molecule has 0 bridgehead atoms. The molecule has 0 atom stereocenters. The Morgan fingerprint density at radius 3 is 2.59 bits per heavy atom. The number of aryl methyl sites for hydroxylation is 2. The Hall–Kier alpha value is -2.66. The van der Waals surface area contributed by atoms with Crippen LogP contribution in [0.3, 0.4) is 0 Å². The number of aromatic nitrogens is 2. The van der Waals surface area contributed by atoms with E-state index in [9.17, 15) is 9.59 Å². The van der Waals surface area contributed by atoms with E-state index in [0.29, 0.717) is 18.5 Å². The number of benzene rings is 2. The summed E-state index contributed by atoms with van der Waals surface area (Å²) < 4.78 is 3.16. The summed E-state index contributed by atoms with van der Waals surface area (Å²) in [5.41, 5.74) is 4.06. The van der Waals surface area contributed by atoms with Gasteiger partial charge in [-0.2, -0.15) is 0 Å². The number of para-hydroxylation sites is 1. The van der Waals surface area contributed by atoms with Crippen LogP contribution in [0.2, 0.25) is 0 Å². The lowest BCUT2D eigenvalue weighted by Gasteiger charge is -2.16. The first-order chi connectivity index (χ1) is 13.1. The van der Waals surface area contributed by atoms with Crippen LogP contribution in [-0.2, 0) is 19.4 Å². The third-order valence-electron chi connectivity index (χ3n) is 5.95. The minimum Gasteiger partial charge on any atom is -0.308 e. The Morgan fingerprint density at radius 2 is 1.78 bits per heavy atom. The van der Waals surface area contributed by atoms with Gasteiger partial charge >= 0.3 is 5.69 Å². The molecule has 0 N–H and O–H groups in total. The van der Waals surface area contributed by atoms with Crippen LogP contribution in [0.1, 0.15) is 24.0 Å². The summed E-state index contributed by atoms with van der Waals surface area (Å²) in [7, 11) is 3.89. The van der Waals surface area contributed by atoms with E-state index < -0.39 is 0 Å². The zero-order valence-electron chi connectivity index (χ0n) is 15.8. The van der Waals surface area contributed by atoms with Gasteiger partial charge in [0.2, 0.25) is 0 Å². The van der Waals surface area contributed by atoms with Crippen molar-refractivity contribution in [2.75, 3.05) is 20.6 Å². The molecule has 5 heteroatoms. The number of fused-ring (bicyclic) bond motifs is 5. The van der Waals surface area contributed by atoms with E-state index in [4.69, 9.17) is 0 Å². The molecule has 0 unspecified atom stereocenters. The van der Waals surface area contributed by atoms with E-state index in [2.05, 4.69) is 18.2 Å². The van der Waals surface area contributed by atoms with Gasteiger partial charge in [0.25, 0.3) is 5.56 Å². The molecule has 0 saturated carbocycles. The lowest BCUT2D eigenvalue weighted by molar-refractivity contribution is 0.376. The first kappa shape index (κ1) is 16.5. The highest BCUT2D eigenvalue weighted by molar-refractivity contribution is 6.15. The monoisotopic (exact) mass is 361 g/mol.